The van der Waals surface area contributed by atoms with Crippen molar-refractivity contribution in [3.8, 4) is 6.01 Å². The average Bonchev–Trinajstić information content (AvgIpc) is 2.26. The van der Waals surface area contributed by atoms with Crippen LogP contribution < -0.4 is 9.64 Å². The summed E-state index contributed by atoms with van der Waals surface area (Å²) in [5.41, 5.74) is -0.607. The molecule has 19 heavy (non-hydrogen) atoms. The molecule has 1 fully saturated rings. The summed E-state index contributed by atoms with van der Waals surface area (Å²) in [5.74, 6) is 0.506. The lowest BCUT2D eigenvalue weighted by molar-refractivity contribution is 0.0348. The molecule has 106 valence electrons. The van der Waals surface area contributed by atoms with Gasteiger partial charge in [-0.15, -0.1) is 0 Å². The first-order valence-electron chi connectivity index (χ1n) is 6.41. The molecule has 1 aliphatic rings. The van der Waals surface area contributed by atoms with Gasteiger partial charge in [-0.3, -0.25) is 0 Å². The minimum absolute atomic E-state index is 0.0200. The van der Waals surface area contributed by atoms with Gasteiger partial charge in [0.1, 0.15) is 0 Å². The number of nitrogens with zero attached hydrogens (tertiary/aromatic N) is 4. The average molecular weight is 287 g/mol. The van der Waals surface area contributed by atoms with Crippen LogP contribution in [0, 0.1) is 0 Å². The number of hydrogen-bond acceptors (Lipinski definition) is 6. The summed E-state index contributed by atoms with van der Waals surface area (Å²) in [6, 6.07) is 0.238. The third-order valence-electron chi connectivity index (χ3n) is 3.04. The molecule has 7 heteroatoms. The zero-order valence-electron chi connectivity index (χ0n) is 11.4. The van der Waals surface area contributed by atoms with Crippen molar-refractivity contribution in [1.29, 1.82) is 0 Å². The Bertz CT molecular complexity index is 443. The fraction of sp³-hybridized carbons (Fsp3) is 0.750. The van der Waals surface area contributed by atoms with E-state index in [2.05, 4.69) is 15.0 Å². The standard InChI is InChI=1S/C12H19ClN4O2/c1-8(2)19-11-15-9(13)14-10(16-11)17-6-4-12(3,18)5-7-17/h8,18H,4-7H2,1-3H3. The fourth-order valence-corrected chi connectivity index (χ4v) is 2.06. The Hall–Kier alpha value is -1.14. The van der Waals surface area contributed by atoms with E-state index in [1.807, 2.05) is 25.7 Å². The predicted octanol–water partition coefficient (Wildman–Crippen LogP) is 1.66. The maximum Gasteiger partial charge on any atom is 0.322 e. The molecule has 0 aliphatic carbocycles. The Balaban J connectivity index is 2.14. The van der Waals surface area contributed by atoms with E-state index in [0.29, 0.717) is 31.9 Å². The summed E-state index contributed by atoms with van der Waals surface area (Å²) >= 11 is 5.89. The molecular formula is C12H19ClN4O2. The summed E-state index contributed by atoms with van der Waals surface area (Å²) in [5, 5.41) is 10.1. The normalized spacial score (nSPS) is 18.7. The van der Waals surface area contributed by atoms with Gasteiger partial charge >= 0.3 is 6.01 Å². The molecule has 1 aromatic rings. The Morgan fingerprint density at radius 2 is 1.89 bits per heavy atom. The van der Waals surface area contributed by atoms with Gasteiger partial charge in [0.05, 0.1) is 11.7 Å². The van der Waals surface area contributed by atoms with E-state index in [0.717, 1.165) is 0 Å². The molecule has 1 N–H and O–H groups in total. The number of halogens is 1. The van der Waals surface area contributed by atoms with Gasteiger partial charge in [0.2, 0.25) is 11.2 Å². The molecule has 1 saturated heterocycles. The van der Waals surface area contributed by atoms with Gasteiger partial charge in [-0.25, -0.2) is 0 Å². The summed E-state index contributed by atoms with van der Waals surface area (Å²) < 4.78 is 5.44. The second-order valence-electron chi connectivity index (χ2n) is 5.34. The van der Waals surface area contributed by atoms with Crippen LogP contribution in [0.3, 0.4) is 0 Å². The number of anilines is 1. The van der Waals surface area contributed by atoms with Gasteiger partial charge in [-0.05, 0) is 45.2 Å². The molecule has 0 spiro atoms. The quantitative estimate of drug-likeness (QED) is 0.911. The van der Waals surface area contributed by atoms with Crippen LogP contribution in [0.2, 0.25) is 5.28 Å². The largest absolute Gasteiger partial charge is 0.461 e. The molecule has 0 saturated carbocycles. The lowest BCUT2D eigenvalue weighted by atomic mass is 9.94. The van der Waals surface area contributed by atoms with Crippen molar-refractivity contribution in [2.45, 2.75) is 45.3 Å². The van der Waals surface area contributed by atoms with Crippen molar-refractivity contribution in [3.63, 3.8) is 0 Å². The fourth-order valence-electron chi connectivity index (χ4n) is 1.92. The lowest BCUT2D eigenvalue weighted by Gasteiger charge is -2.35. The summed E-state index contributed by atoms with van der Waals surface area (Å²) in [6.07, 6.45) is 1.33. The lowest BCUT2D eigenvalue weighted by Crippen LogP contribution is -2.43. The van der Waals surface area contributed by atoms with Crippen molar-refractivity contribution in [2.75, 3.05) is 18.0 Å². The molecule has 2 rings (SSSR count). The Kier molecular flexibility index (Phi) is 4.10. The summed E-state index contributed by atoms with van der Waals surface area (Å²) in [6.45, 7) is 7.02. The maximum atomic E-state index is 9.94. The van der Waals surface area contributed by atoms with Crippen LogP contribution >= 0.6 is 11.6 Å². The number of hydrogen-bond donors (Lipinski definition) is 1. The van der Waals surface area contributed by atoms with Gasteiger partial charge in [-0.1, -0.05) is 0 Å². The monoisotopic (exact) mass is 286 g/mol. The van der Waals surface area contributed by atoms with E-state index in [9.17, 15) is 5.11 Å². The SMILES string of the molecule is CC(C)Oc1nc(Cl)nc(N2CCC(C)(O)CC2)n1. The Labute approximate surface area is 117 Å². The van der Waals surface area contributed by atoms with Crippen molar-refractivity contribution in [2.24, 2.45) is 0 Å². The number of rotatable bonds is 3. The van der Waals surface area contributed by atoms with E-state index in [1.165, 1.54) is 0 Å². The number of aliphatic hydroxyl groups is 1. The first kappa shape index (κ1) is 14.3. The van der Waals surface area contributed by atoms with E-state index < -0.39 is 5.60 Å². The predicted molar refractivity (Wildman–Crippen MR) is 72.7 cm³/mol. The highest BCUT2D eigenvalue weighted by molar-refractivity contribution is 6.28. The van der Waals surface area contributed by atoms with Gasteiger partial charge in [0.25, 0.3) is 0 Å². The van der Waals surface area contributed by atoms with Crippen molar-refractivity contribution < 1.29 is 9.84 Å². The Morgan fingerprint density at radius 3 is 2.47 bits per heavy atom. The molecule has 6 nitrogen and oxygen atoms in total. The molecule has 1 aromatic heterocycles. The van der Waals surface area contributed by atoms with Crippen molar-refractivity contribution >= 4 is 17.5 Å². The van der Waals surface area contributed by atoms with Gasteiger partial charge in [0.15, 0.2) is 0 Å². The highest BCUT2D eigenvalue weighted by Crippen LogP contribution is 2.25. The minimum Gasteiger partial charge on any atom is -0.461 e. The molecule has 0 radical (unpaired) electrons. The number of piperidine rings is 1. The molecule has 0 atom stereocenters. The second kappa shape index (κ2) is 5.46. The second-order valence-corrected chi connectivity index (χ2v) is 5.68. The first-order chi connectivity index (χ1) is 8.85. The minimum atomic E-state index is -0.607. The zero-order chi connectivity index (χ0) is 14.0. The van der Waals surface area contributed by atoms with Crippen LogP contribution in [0.5, 0.6) is 6.01 Å². The molecule has 0 aromatic carbocycles. The number of aromatic nitrogens is 3. The van der Waals surface area contributed by atoms with E-state index in [-0.39, 0.29) is 17.4 Å². The maximum absolute atomic E-state index is 9.94. The van der Waals surface area contributed by atoms with Crippen LogP contribution in [0.25, 0.3) is 0 Å². The zero-order valence-corrected chi connectivity index (χ0v) is 12.2. The van der Waals surface area contributed by atoms with Crippen LogP contribution in [0.1, 0.15) is 33.6 Å². The molecule has 0 amide bonds. The molecule has 0 unspecified atom stereocenters. The van der Waals surface area contributed by atoms with Crippen LogP contribution in [0.15, 0.2) is 0 Å². The summed E-state index contributed by atoms with van der Waals surface area (Å²) in [4.78, 5) is 14.3. The third kappa shape index (κ3) is 3.91. The summed E-state index contributed by atoms with van der Waals surface area (Å²) in [7, 11) is 0. The number of ether oxygens (including phenoxy) is 1. The first-order valence-corrected chi connectivity index (χ1v) is 6.79. The highest BCUT2D eigenvalue weighted by Gasteiger charge is 2.29. The Morgan fingerprint density at radius 1 is 1.26 bits per heavy atom. The van der Waals surface area contributed by atoms with E-state index >= 15 is 0 Å². The van der Waals surface area contributed by atoms with Crippen molar-refractivity contribution in [3.05, 3.63) is 5.28 Å². The smallest absolute Gasteiger partial charge is 0.322 e. The van der Waals surface area contributed by atoms with Crippen LogP contribution in [0.4, 0.5) is 5.95 Å². The van der Waals surface area contributed by atoms with Crippen LogP contribution in [-0.2, 0) is 0 Å². The molecule has 0 bridgehead atoms. The van der Waals surface area contributed by atoms with Gasteiger partial charge in [-0.2, -0.15) is 15.0 Å². The van der Waals surface area contributed by atoms with E-state index in [1.54, 1.807) is 0 Å². The van der Waals surface area contributed by atoms with Crippen LogP contribution in [-0.4, -0.2) is 44.9 Å². The third-order valence-corrected chi connectivity index (χ3v) is 3.21. The topological polar surface area (TPSA) is 71.4 Å². The van der Waals surface area contributed by atoms with Gasteiger partial charge < -0.3 is 14.7 Å². The van der Waals surface area contributed by atoms with Crippen molar-refractivity contribution in [1.82, 2.24) is 15.0 Å². The highest BCUT2D eigenvalue weighted by atomic mass is 35.5. The van der Waals surface area contributed by atoms with E-state index in [4.69, 9.17) is 16.3 Å². The molecule has 1 aliphatic heterocycles. The molecular weight excluding hydrogens is 268 g/mol. The molecule has 2 heterocycles. The van der Waals surface area contributed by atoms with Gasteiger partial charge in [0, 0.05) is 13.1 Å².